The molecular formula is C19H32BrN. The largest absolute Gasteiger partial charge is 0.312 e. The van der Waals surface area contributed by atoms with E-state index in [1.807, 2.05) is 0 Å². The van der Waals surface area contributed by atoms with Gasteiger partial charge in [-0.1, -0.05) is 48.8 Å². The van der Waals surface area contributed by atoms with Crippen molar-refractivity contribution >= 4 is 15.9 Å². The first-order valence-corrected chi connectivity index (χ1v) is 8.84. The maximum atomic E-state index is 3.68. The number of rotatable bonds is 6. The summed E-state index contributed by atoms with van der Waals surface area (Å²) in [6.07, 6.45) is 3.70. The second-order valence-electron chi connectivity index (χ2n) is 8.43. The van der Waals surface area contributed by atoms with E-state index >= 15 is 0 Å². The van der Waals surface area contributed by atoms with Crippen LogP contribution in [0.5, 0.6) is 0 Å². The maximum absolute atomic E-state index is 3.68. The fourth-order valence-electron chi connectivity index (χ4n) is 2.36. The van der Waals surface area contributed by atoms with Crippen LogP contribution in [0.15, 0.2) is 28.7 Å². The molecule has 0 aliphatic carbocycles. The van der Waals surface area contributed by atoms with E-state index < -0.39 is 0 Å². The van der Waals surface area contributed by atoms with Crippen molar-refractivity contribution < 1.29 is 0 Å². The third-order valence-corrected chi connectivity index (χ3v) is 4.13. The van der Waals surface area contributed by atoms with Gasteiger partial charge >= 0.3 is 0 Å². The van der Waals surface area contributed by atoms with Crippen molar-refractivity contribution in [1.29, 1.82) is 0 Å². The normalized spacial score (nSPS) is 14.2. The second-order valence-corrected chi connectivity index (χ2v) is 9.35. The van der Waals surface area contributed by atoms with E-state index in [4.69, 9.17) is 0 Å². The average molecular weight is 354 g/mol. The van der Waals surface area contributed by atoms with Crippen LogP contribution in [0.1, 0.15) is 59.9 Å². The molecule has 21 heavy (non-hydrogen) atoms. The Bertz CT molecular complexity index is 408. The van der Waals surface area contributed by atoms with E-state index in [1.165, 1.54) is 22.9 Å². The van der Waals surface area contributed by atoms with Crippen molar-refractivity contribution in [2.24, 2.45) is 11.3 Å². The van der Waals surface area contributed by atoms with E-state index in [2.05, 4.69) is 87.1 Å². The molecule has 2 heteroatoms. The molecule has 0 aliphatic rings. The molecule has 1 unspecified atom stereocenters. The minimum Gasteiger partial charge on any atom is -0.312 e. The smallest absolute Gasteiger partial charge is 0.0177 e. The first-order valence-electron chi connectivity index (χ1n) is 8.05. The van der Waals surface area contributed by atoms with Crippen LogP contribution >= 0.6 is 15.9 Å². The molecule has 1 N–H and O–H groups in total. The predicted octanol–water partition coefficient (Wildman–Crippen LogP) is 5.82. The van der Waals surface area contributed by atoms with Crippen molar-refractivity contribution in [3.8, 4) is 0 Å². The molecule has 0 radical (unpaired) electrons. The molecule has 120 valence electrons. The first-order chi connectivity index (χ1) is 9.55. The van der Waals surface area contributed by atoms with E-state index in [-0.39, 0.29) is 5.54 Å². The second kappa shape index (κ2) is 7.78. The summed E-state index contributed by atoms with van der Waals surface area (Å²) in [5.74, 6) is 0.692. The van der Waals surface area contributed by atoms with Gasteiger partial charge in [0.05, 0.1) is 0 Å². The molecule has 0 saturated carbocycles. The highest BCUT2D eigenvalue weighted by molar-refractivity contribution is 9.10. The molecule has 0 heterocycles. The lowest BCUT2D eigenvalue weighted by molar-refractivity contribution is 0.295. The standard InChI is InChI=1S/C19H32BrN/c1-18(2,3)11-10-16(14-21-19(4,5)6)12-15-8-7-9-17(20)13-15/h7-9,13,16,21H,10-12,14H2,1-6H3. The molecule has 0 aliphatic heterocycles. The Morgan fingerprint density at radius 1 is 1.10 bits per heavy atom. The maximum Gasteiger partial charge on any atom is 0.0177 e. The Morgan fingerprint density at radius 3 is 2.29 bits per heavy atom. The van der Waals surface area contributed by atoms with E-state index in [0.717, 1.165) is 13.0 Å². The minimum absolute atomic E-state index is 0.192. The third-order valence-electron chi connectivity index (χ3n) is 3.64. The van der Waals surface area contributed by atoms with Gasteiger partial charge in [0.15, 0.2) is 0 Å². The summed E-state index contributed by atoms with van der Waals surface area (Å²) in [4.78, 5) is 0. The molecule has 0 amide bonds. The van der Waals surface area contributed by atoms with Crippen LogP contribution < -0.4 is 5.32 Å². The number of hydrogen-bond acceptors (Lipinski definition) is 1. The molecule has 0 bridgehead atoms. The first kappa shape index (κ1) is 18.7. The van der Waals surface area contributed by atoms with Crippen molar-refractivity contribution in [3.05, 3.63) is 34.3 Å². The zero-order valence-corrected chi connectivity index (χ0v) is 16.2. The Hall–Kier alpha value is -0.340. The van der Waals surface area contributed by atoms with Crippen molar-refractivity contribution in [1.82, 2.24) is 5.32 Å². The van der Waals surface area contributed by atoms with Crippen LogP contribution in [-0.2, 0) is 6.42 Å². The van der Waals surface area contributed by atoms with Crippen LogP contribution in [0.3, 0.4) is 0 Å². The van der Waals surface area contributed by atoms with Gasteiger partial charge in [-0.05, 0) is 75.6 Å². The topological polar surface area (TPSA) is 12.0 Å². The Balaban J connectivity index is 2.66. The summed E-state index contributed by atoms with van der Waals surface area (Å²) in [7, 11) is 0. The summed E-state index contributed by atoms with van der Waals surface area (Å²) < 4.78 is 1.18. The van der Waals surface area contributed by atoms with Gasteiger partial charge < -0.3 is 5.32 Å². The predicted molar refractivity (Wildman–Crippen MR) is 97.8 cm³/mol. The summed E-state index contributed by atoms with van der Waals surface area (Å²) >= 11 is 3.58. The van der Waals surface area contributed by atoms with Gasteiger partial charge in [0.1, 0.15) is 0 Å². The molecular weight excluding hydrogens is 322 g/mol. The zero-order chi connectivity index (χ0) is 16.1. The Morgan fingerprint density at radius 2 is 1.76 bits per heavy atom. The molecule has 0 aromatic heterocycles. The van der Waals surface area contributed by atoms with Crippen LogP contribution in [0.4, 0.5) is 0 Å². The van der Waals surface area contributed by atoms with Crippen LogP contribution in [0, 0.1) is 11.3 Å². The van der Waals surface area contributed by atoms with Crippen LogP contribution in [-0.4, -0.2) is 12.1 Å². The summed E-state index contributed by atoms with van der Waals surface area (Å²) in [5.41, 5.74) is 2.04. The van der Waals surface area contributed by atoms with Crippen molar-refractivity contribution in [3.63, 3.8) is 0 Å². The van der Waals surface area contributed by atoms with Gasteiger partial charge in [0.25, 0.3) is 0 Å². The van der Waals surface area contributed by atoms with Gasteiger partial charge in [-0.2, -0.15) is 0 Å². The van der Waals surface area contributed by atoms with Gasteiger partial charge in [-0.25, -0.2) is 0 Å². The number of hydrogen-bond donors (Lipinski definition) is 1. The molecule has 1 nitrogen and oxygen atoms in total. The minimum atomic E-state index is 0.192. The lowest BCUT2D eigenvalue weighted by Gasteiger charge is -2.28. The molecule has 1 atom stereocenters. The Labute approximate surface area is 140 Å². The summed E-state index contributed by atoms with van der Waals surface area (Å²) in [6, 6.07) is 8.73. The SMILES string of the molecule is CC(C)(C)CCC(CNC(C)(C)C)Cc1cccc(Br)c1. The third kappa shape index (κ3) is 9.31. The highest BCUT2D eigenvalue weighted by atomic mass is 79.9. The quantitative estimate of drug-likeness (QED) is 0.678. The Kier molecular flexibility index (Phi) is 6.93. The monoisotopic (exact) mass is 353 g/mol. The van der Waals surface area contributed by atoms with Gasteiger partial charge in [0.2, 0.25) is 0 Å². The molecule has 0 spiro atoms. The molecule has 1 aromatic carbocycles. The van der Waals surface area contributed by atoms with E-state index in [9.17, 15) is 0 Å². The van der Waals surface area contributed by atoms with E-state index in [1.54, 1.807) is 0 Å². The highest BCUT2D eigenvalue weighted by Crippen LogP contribution is 2.26. The number of halogens is 1. The highest BCUT2D eigenvalue weighted by Gasteiger charge is 2.18. The fraction of sp³-hybridized carbons (Fsp3) is 0.684. The average Bonchev–Trinajstić information content (AvgIpc) is 2.30. The molecule has 1 aromatic rings. The summed E-state index contributed by atoms with van der Waals surface area (Å²) in [6.45, 7) is 14.8. The van der Waals surface area contributed by atoms with Gasteiger partial charge in [0, 0.05) is 10.0 Å². The van der Waals surface area contributed by atoms with Gasteiger partial charge in [-0.15, -0.1) is 0 Å². The molecule has 1 rings (SSSR count). The van der Waals surface area contributed by atoms with Crippen LogP contribution in [0.25, 0.3) is 0 Å². The molecule has 0 fully saturated rings. The van der Waals surface area contributed by atoms with Crippen molar-refractivity contribution in [2.75, 3.05) is 6.54 Å². The van der Waals surface area contributed by atoms with Crippen LogP contribution in [0.2, 0.25) is 0 Å². The number of nitrogens with one attached hydrogen (secondary N) is 1. The zero-order valence-electron chi connectivity index (χ0n) is 14.6. The molecule has 0 saturated heterocycles. The van der Waals surface area contributed by atoms with Gasteiger partial charge in [-0.3, -0.25) is 0 Å². The fourth-order valence-corrected chi connectivity index (χ4v) is 2.81. The lowest BCUT2D eigenvalue weighted by Crippen LogP contribution is -2.39. The van der Waals surface area contributed by atoms with E-state index in [0.29, 0.717) is 11.3 Å². The lowest BCUT2D eigenvalue weighted by atomic mass is 9.84. The summed E-state index contributed by atoms with van der Waals surface area (Å²) in [5, 5.41) is 3.68. The van der Waals surface area contributed by atoms with Crippen molar-refractivity contribution in [2.45, 2.75) is 66.3 Å². The number of benzene rings is 1.